The molecule has 128 valence electrons. The molecule has 7 N–H and O–H groups in total. The Kier molecular flexibility index (Phi) is 4.24. The number of nitrogens with one attached hydrogen (secondary N) is 1. The summed E-state index contributed by atoms with van der Waals surface area (Å²) in [6.45, 7) is -1.42. The van der Waals surface area contributed by atoms with Crippen LogP contribution in [-0.4, -0.2) is 60.8 Å². The average Bonchev–Trinajstić information content (AvgIpc) is 3.06. The van der Waals surface area contributed by atoms with Crippen LogP contribution in [-0.2, 0) is 4.74 Å². The van der Waals surface area contributed by atoms with E-state index in [1.807, 2.05) is 0 Å². The number of halogens is 1. The molecule has 3 rings (SSSR count). The molecule has 2 aromatic rings. The van der Waals surface area contributed by atoms with Crippen LogP contribution in [0.3, 0.4) is 0 Å². The van der Waals surface area contributed by atoms with Gasteiger partial charge in [-0.2, -0.15) is 0 Å². The Hall–Kier alpha value is -2.10. The summed E-state index contributed by atoms with van der Waals surface area (Å²) in [6, 6.07) is 0. The zero-order valence-corrected chi connectivity index (χ0v) is 13.1. The van der Waals surface area contributed by atoms with Gasteiger partial charge in [-0.3, -0.25) is 4.57 Å². The first-order valence-corrected chi connectivity index (χ1v) is 7.34. The van der Waals surface area contributed by atoms with Gasteiger partial charge in [0.15, 0.2) is 22.4 Å². The van der Waals surface area contributed by atoms with Crippen molar-refractivity contribution in [2.75, 3.05) is 19.0 Å². The van der Waals surface area contributed by atoms with Gasteiger partial charge >= 0.3 is 0 Å². The van der Waals surface area contributed by atoms with E-state index >= 15 is 0 Å². The lowest BCUT2D eigenvalue weighted by Gasteiger charge is -2.27. The Morgan fingerprint density at radius 3 is 3.00 bits per heavy atom. The monoisotopic (exact) mass is 354 g/mol. The van der Waals surface area contributed by atoms with Gasteiger partial charge in [0.2, 0.25) is 0 Å². The number of imidazole rings is 1. The number of aliphatic hydroxyl groups excluding tert-OH is 2. The number of alkyl halides is 1. The first kappa shape index (κ1) is 16.7. The number of fused-ring (bicyclic) bond motifs is 1. The quantitative estimate of drug-likeness (QED) is 0.340. The predicted octanol–water partition coefficient (Wildman–Crippen LogP) is -1.01. The van der Waals surface area contributed by atoms with Crippen LogP contribution in [0.25, 0.3) is 11.2 Å². The number of rotatable bonds is 2. The topological polar surface area (TPSA) is 148 Å². The SMILES string of the molecule is Nc1nc(=S)c2ncn([C@@H]3O[C@H](CO)C(O)[C@]3(N)C#CCF)c2[nH]1. The molecule has 1 saturated heterocycles. The summed E-state index contributed by atoms with van der Waals surface area (Å²) >= 11 is 5.10. The smallest absolute Gasteiger partial charge is 0.200 e. The fourth-order valence-corrected chi connectivity index (χ4v) is 2.95. The highest BCUT2D eigenvalue weighted by atomic mass is 32.1. The molecular weight excluding hydrogens is 339 g/mol. The van der Waals surface area contributed by atoms with E-state index in [4.69, 9.17) is 28.4 Å². The van der Waals surface area contributed by atoms with Gasteiger partial charge < -0.3 is 31.4 Å². The van der Waals surface area contributed by atoms with E-state index in [0.29, 0.717) is 11.2 Å². The average molecular weight is 354 g/mol. The van der Waals surface area contributed by atoms with Gasteiger partial charge in [0.1, 0.15) is 30.0 Å². The van der Waals surface area contributed by atoms with Crippen LogP contribution in [0.2, 0.25) is 0 Å². The van der Waals surface area contributed by atoms with E-state index < -0.39 is 37.3 Å². The van der Waals surface area contributed by atoms with Gasteiger partial charge in [0.25, 0.3) is 0 Å². The number of ether oxygens (including phenoxy) is 1. The highest BCUT2D eigenvalue weighted by Gasteiger charge is 2.54. The van der Waals surface area contributed by atoms with E-state index in [2.05, 4.69) is 26.8 Å². The molecule has 0 spiro atoms. The second-order valence-corrected chi connectivity index (χ2v) is 5.69. The second kappa shape index (κ2) is 6.08. The zero-order valence-electron chi connectivity index (χ0n) is 12.3. The number of nitrogens with two attached hydrogens (primary N) is 2. The molecule has 1 fully saturated rings. The molecule has 0 radical (unpaired) electrons. The molecule has 0 aliphatic carbocycles. The van der Waals surface area contributed by atoms with Gasteiger partial charge in [-0.25, -0.2) is 14.4 Å². The fraction of sp³-hybridized carbons (Fsp3) is 0.462. The molecule has 24 heavy (non-hydrogen) atoms. The normalized spacial score (nSPS) is 29.6. The Bertz CT molecular complexity index is 889. The summed E-state index contributed by atoms with van der Waals surface area (Å²) < 4.78 is 19.7. The minimum Gasteiger partial charge on any atom is -0.394 e. The maximum atomic E-state index is 12.5. The summed E-state index contributed by atoms with van der Waals surface area (Å²) in [5.41, 5.74) is 10.9. The molecule has 9 nitrogen and oxygen atoms in total. The number of aliphatic hydroxyl groups is 2. The third-order valence-electron chi connectivity index (χ3n) is 3.82. The Morgan fingerprint density at radius 1 is 1.58 bits per heavy atom. The molecule has 2 aromatic heterocycles. The Balaban J connectivity index is 2.18. The Morgan fingerprint density at radius 2 is 2.33 bits per heavy atom. The standard InChI is InChI=1S/C13H15FN6O3S/c14-3-1-2-13(16)8(22)6(4-21)23-11(13)20-5-17-7-9(20)18-12(15)19-10(7)24/h5-6,8,11,21-22H,3-4,16H2,(H3,15,18,19,24)/t6-,8?,11-,13-/m1/s1. The van der Waals surface area contributed by atoms with Crippen molar-refractivity contribution in [2.45, 2.75) is 24.0 Å². The third-order valence-corrected chi connectivity index (χ3v) is 4.11. The highest BCUT2D eigenvalue weighted by Crippen LogP contribution is 2.37. The Labute approximate surface area is 140 Å². The van der Waals surface area contributed by atoms with Crippen LogP contribution in [0.15, 0.2) is 6.33 Å². The summed E-state index contributed by atoms with van der Waals surface area (Å²) in [5, 5.41) is 19.7. The maximum Gasteiger partial charge on any atom is 0.200 e. The molecule has 1 unspecified atom stereocenters. The number of hydrogen-bond acceptors (Lipinski definition) is 8. The number of aromatic nitrogens is 4. The molecule has 3 heterocycles. The van der Waals surface area contributed by atoms with Crippen molar-refractivity contribution in [3.8, 4) is 11.8 Å². The lowest BCUT2D eigenvalue weighted by Crippen LogP contribution is -2.53. The van der Waals surface area contributed by atoms with Gasteiger partial charge in [-0.1, -0.05) is 24.1 Å². The molecular formula is C13H15FN6O3S. The number of nitrogens with zero attached hydrogens (tertiary/aromatic N) is 3. The van der Waals surface area contributed by atoms with Crippen LogP contribution in [0, 0.1) is 16.5 Å². The summed E-state index contributed by atoms with van der Waals surface area (Å²) in [7, 11) is 0. The molecule has 1 aliphatic rings. The molecule has 0 amide bonds. The van der Waals surface area contributed by atoms with Crippen molar-refractivity contribution in [1.29, 1.82) is 0 Å². The van der Waals surface area contributed by atoms with E-state index in [1.165, 1.54) is 10.9 Å². The number of H-pyrrole nitrogens is 1. The van der Waals surface area contributed by atoms with E-state index in [9.17, 15) is 14.6 Å². The first-order valence-electron chi connectivity index (χ1n) is 6.94. The summed E-state index contributed by atoms with van der Waals surface area (Å²) in [4.78, 5) is 10.8. The van der Waals surface area contributed by atoms with Crippen LogP contribution in [0.5, 0.6) is 0 Å². The number of nitrogen functional groups attached to an aromatic ring is 1. The van der Waals surface area contributed by atoms with Crippen molar-refractivity contribution >= 4 is 29.3 Å². The fourth-order valence-electron chi connectivity index (χ4n) is 2.70. The van der Waals surface area contributed by atoms with Crippen LogP contribution >= 0.6 is 12.2 Å². The predicted molar refractivity (Wildman–Crippen MR) is 84.8 cm³/mol. The number of anilines is 1. The van der Waals surface area contributed by atoms with Crippen LogP contribution < -0.4 is 11.5 Å². The van der Waals surface area contributed by atoms with Crippen molar-refractivity contribution in [3.05, 3.63) is 11.0 Å². The summed E-state index contributed by atoms with van der Waals surface area (Å²) in [6.07, 6.45) is -2.02. The van der Waals surface area contributed by atoms with Crippen molar-refractivity contribution < 1.29 is 19.3 Å². The largest absolute Gasteiger partial charge is 0.394 e. The molecule has 4 atom stereocenters. The minimum atomic E-state index is -1.67. The number of aromatic amines is 1. The van der Waals surface area contributed by atoms with E-state index in [0.717, 1.165) is 0 Å². The van der Waals surface area contributed by atoms with Crippen molar-refractivity contribution in [1.82, 2.24) is 19.5 Å². The lowest BCUT2D eigenvalue weighted by molar-refractivity contribution is -0.0447. The van der Waals surface area contributed by atoms with Gasteiger partial charge in [0.05, 0.1) is 12.9 Å². The molecule has 1 aliphatic heterocycles. The summed E-state index contributed by atoms with van der Waals surface area (Å²) in [5.74, 6) is 4.75. The molecule has 0 saturated carbocycles. The highest BCUT2D eigenvalue weighted by molar-refractivity contribution is 7.71. The zero-order chi connectivity index (χ0) is 17.5. The minimum absolute atomic E-state index is 0.0592. The van der Waals surface area contributed by atoms with Crippen LogP contribution in [0.1, 0.15) is 6.23 Å². The molecule has 0 aromatic carbocycles. The van der Waals surface area contributed by atoms with E-state index in [1.54, 1.807) is 0 Å². The lowest BCUT2D eigenvalue weighted by atomic mass is 9.91. The maximum absolute atomic E-state index is 12.5. The molecule has 0 bridgehead atoms. The van der Waals surface area contributed by atoms with Crippen molar-refractivity contribution in [3.63, 3.8) is 0 Å². The van der Waals surface area contributed by atoms with Crippen LogP contribution in [0.4, 0.5) is 10.3 Å². The van der Waals surface area contributed by atoms with Gasteiger partial charge in [-0.05, 0) is 0 Å². The molecule has 11 heteroatoms. The first-order chi connectivity index (χ1) is 11.4. The third kappa shape index (κ3) is 2.45. The van der Waals surface area contributed by atoms with Crippen molar-refractivity contribution in [2.24, 2.45) is 5.73 Å². The second-order valence-electron chi connectivity index (χ2n) is 5.30. The van der Waals surface area contributed by atoms with E-state index in [-0.39, 0.29) is 10.6 Å². The van der Waals surface area contributed by atoms with Gasteiger partial charge in [-0.15, -0.1) is 0 Å². The number of hydrogen-bond donors (Lipinski definition) is 5. The van der Waals surface area contributed by atoms with Gasteiger partial charge in [0, 0.05) is 0 Å².